The molecule has 0 aromatic heterocycles. The van der Waals surface area contributed by atoms with Gasteiger partial charge in [-0.15, -0.1) is 0 Å². The second-order valence-electron chi connectivity index (χ2n) is 8.59. The molecule has 1 unspecified atom stereocenters. The van der Waals surface area contributed by atoms with Gasteiger partial charge in [0.25, 0.3) is 0 Å². The van der Waals surface area contributed by atoms with Crippen LogP contribution in [0.15, 0.2) is 42.5 Å². The molecule has 7 nitrogen and oxygen atoms in total. The summed E-state index contributed by atoms with van der Waals surface area (Å²) in [5, 5.41) is 3.00. The highest BCUT2D eigenvalue weighted by Crippen LogP contribution is 2.29. The number of nitrogens with zero attached hydrogens (tertiary/aromatic N) is 1. The number of nitrogens with one attached hydrogen (secondary N) is 1. The lowest BCUT2D eigenvalue weighted by molar-refractivity contribution is -0.141. The average Bonchev–Trinajstić information content (AvgIpc) is 2.89. The first-order valence-corrected chi connectivity index (χ1v) is 13.1. The summed E-state index contributed by atoms with van der Waals surface area (Å²) in [6.07, 6.45) is 3.25. The van der Waals surface area contributed by atoms with E-state index in [1.165, 1.54) is 0 Å². The number of ether oxygens (including phenoxy) is 3. The van der Waals surface area contributed by atoms with Gasteiger partial charge in [-0.05, 0) is 68.5 Å². The van der Waals surface area contributed by atoms with Gasteiger partial charge in [0.1, 0.15) is 11.8 Å². The molecule has 2 rings (SSSR count). The van der Waals surface area contributed by atoms with E-state index in [4.69, 9.17) is 14.2 Å². The molecular formula is C29H42N2O5. The summed E-state index contributed by atoms with van der Waals surface area (Å²) in [6, 6.07) is 12.9. The molecule has 0 bridgehead atoms. The topological polar surface area (TPSA) is 77.1 Å². The predicted molar refractivity (Wildman–Crippen MR) is 143 cm³/mol. The van der Waals surface area contributed by atoms with Crippen molar-refractivity contribution in [2.75, 3.05) is 26.9 Å². The molecule has 2 aromatic rings. The molecule has 0 fully saturated rings. The number of methoxy groups -OCH3 is 1. The van der Waals surface area contributed by atoms with Crippen LogP contribution in [0.25, 0.3) is 0 Å². The smallest absolute Gasteiger partial charge is 0.242 e. The zero-order chi connectivity index (χ0) is 26.3. The molecule has 0 aliphatic carbocycles. The van der Waals surface area contributed by atoms with Crippen LogP contribution in [0.5, 0.6) is 17.2 Å². The van der Waals surface area contributed by atoms with Crippen LogP contribution in [0.4, 0.5) is 0 Å². The maximum Gasteiger partial charge on any atom is 0.242 e. The Hall–Kier alpha value is -3.22. The molecule has 0 aliphatic rings. The molecule has 7 heteroatoms. The van der Waals surface area contributed by atoms with Crippen LogP contribution in [0.1, 0.15) is 64.5 Å². The molecule has 198 valence electrons. The molecular weight excluding hydrogens is 456 g/mol. The number of carbonyl (C=O) groups excluding carboxylic acids is 2. The van der Waals surface area contributed by atoms with Gasteiger partial charge in [-0.2, -0.15) is 0 Å². The lowest BCUT2D eigenvalue weighted by Crippen LogP contribution is -2.49. The normalized spacial score (nSPS) is 11.5. The number of amides is 2. The van der Waals surface area contributed by atoms with E-state index >= 15 is 0 Å². The quantitative estimate of drug-likeness (QED) is 0.324. The monoisotopic (exact) mass is 498 g/mol. The molecule has 2 amide bonds. The van der Waals surface area contributed by atoms with Crippen molar-refractivity contribution in [3.63, 3.8) is 0 Å². The summed E-state index contributed by atoms with van der Waals surface area (Å²) < 4.78 is 16.7. The molecule has 0 heterocycles. The van der Waals surface area contributed by atoms with Crippen molar-refractivity contribution in [1.82, 2.24) is 10.2 Å². The van der Waals surface area contributed by atoms with E-state index in [1.807, 2.05) is 63.2 Å². The van der Waals surface area contributed by atoms with Crippen molar-refractivity contribution in [3.8, 4) is 17.2 Å². The molecule has 0 radical (unpaired) electrons. The van der Waals surface area contributed by atoms with Crippen LogP contribution in [0.3, 0.4) is 0 Å². The molecule has 1 N–H and O–H groups in total. The number of hydrogen-bond acceptors (Lipinski definition) is 5. The SMILES string of the molecule is CCCCNC(=O)C(CC)N(Cc1cccc(OC)c1)C(=O)CCc1ccc(OCC)c(OCC)c1. The van der Waals surface area contributed by atoms with Gasteiger partial charge >= 0.3 is 0 Å². The van der Waals surface area contributed by atoms with E-state index in [2.05, 4.69) is 12.2 Å². The Bertz CT molecular complexity index is 962. The van der Waals surface area contributed by atoms with Crippen LogP contribution in [-0.4, -0.2) is 49.6 Å². The first-order valence-electron chi connectivity index (χ1n) is 13.1. The number of rotatable bonds is 16. The maximum atomic E-state index is 13.5. The third kappa shape index (κ3) is 8.77. The number of benzene rings is 2. The minimum absolute atomic E-state index is 0.0674. The van der Waals surface area contributed by atoms with Crippen LogP contribution in [-0.2, 0) is 22.6 Å². The van der Waals surface area contributed by atoms with Gasteiger partial charge in [0.05, 0.1) is 20.3 Å². The van der Waals surface area contributed by atoms with Gasteiger partial charge in [-0.1, -0.05) is 38.5 Å². The van der Waals surface area contributed by atoms with Crippen LogP contribution < -0.4 is 19.5 Å². The second kappa shape index (κ2) is 15.7. The van der Waals surface area contributed by atoms with Crippen LogP contribution in [0, 0.1) is 0 Å². The van der Waals surface area contributed by atoms with Crippen molar-refractivity contribution >= 4 is 11.8 Å². The number of aryl methyl sites for hydroxylation is 1. The lowest BCUT2D eigenvalue weighted by atomic mass is 10.1. The fourth-order valence-corrected chi connectivity index (χ4v) is 4.04. The van der Waals surface area contributed by atoms with Crippen molar-refractivity contribution < 1.29 is 23.8 Å². The summed E-state index contributed by atoms with van der Waals surface area (Å²) >= 11 is 0. The van der Waals surface area contributed by atoms with Gasteiger partial charge in [-0.25, -0.2) is 0 Å². The first-order chi connectivity index (χ1) is 17.5. The standard InChI is InChI=1S/C29H42N2O5/c1-6-10-18-30-29(33)25(7-2)31(21-23-12-11-13-24(19-23)34-5)28(32)17-15-22-14-16-26(35-8-3)27(20-22)36-9-4/h11-14,16,19-20,25H,6-10,15,17-18,21H2,1-5H3,(H,30,33). The van der Waals surface area contributed by atoms with Gasteiger partial charge in [0.2, 0.25) is 11.8 Å². The van der Waals surface area contributed by atoms with E-state index in [-0.39, 0.29) is 18.2 Å². The van der Waals surface area contributed by atoms with Crippen LogP contribution >= 0.6 is 0 Å². The van der Waals surface area contributed by atoms with Crippen molar-refractivity contribution in [2.45, 2.75) is 72.4 Å². The van der Waals surface area contributed by atoms with Gasteiger partial charge < -0.3 is 24.4 Å². The molecule has 2 aromatic carbocycles. The summed E-state index contributed by atoms with van der Waals surface area (Å²) in [5.41, 5.74) is 1.90. The number of carbonyl (C=O) groups is 2. The Labute approximate surface area is 216 Å². The fraction of sp³-hybridized carbons (Fsp3) is 0.517. The minimum Gasteiger partial charge on any atom is -0.497 e. The Morgan fingerprint density at radius 2 is 1.69 bits per heavy atom. The first kappa shape index (κ1) is 29.0. The molecule has 1 atom stereocenters. The summed E-state index contributed by atoms with van der Waals surface area (Å²) in [5.74, 6) is 1.92. The van der Waals surface area contributed by atoms with Crippen molar-refractivity contribution in [3.05, 3.63) is 53.6 Å². The molecule has 0 saturated carbocycles. The fourth-order valence-electron chi connectivity index (χ4n) is 4.04. The lowest BCUT2D eigenvalue weighted by Gasteiger charge is -2.31. The van der Waals surface area contributed by atoms with Crippen LogP contribution in [0.2, 0.25) is 0 Å². The Balaban J connectivity index is 2.23. The van der Waals surface area contributed by atoms with Gasteiger partial charge in [0, 0.05) is 19.5 Å². The van der Waals surface area contributed by atoms with E-state index in [0.717, 1.165) is 29.7 Å². The Morgan fingerprint density at radius 1 is 0.944 bits per heavy atom. The molecule has 0 saturated heterocycles. The molecule has 0 spiro atoms. The number of unbranched alkanes of at least 4 members (excludes halogenated alkanes) is 1. The van der Waals surface area contributed by atoms with E-state index in [9.17, 15) is 9.59 Å². The second-order valence-corrected chi connectivity index (χ2v) is 8.59. The summed E-state index contributed by atoms with van der Waals surface area (Å²) in [6.45, 7) is 9.91. The van der Waals surface area contributed by atoms with E-state index in [1.54, 1.807) is 12.0 Å². The maximum absolute atomic E-state index is 13.5. The minimum atomic E-state index is -0.542. The largest absolute Gasteiger partial charge is 0.497 e. The predicted octanol–water partition coefficient (Wildman–Crippen LogP) is 5.15. The van der Waals surface area contributed by atoms with E-state index < -0.39 is 6.04 Å². The zero-order valence-corrected chi connectivity index (χ0v) is 22.5. The Kier molecular flexibility index (Phi) is 12.7. The molecule has 0 aliphatic heterocycles. The number of hydrogen-bond donors (Lipinski definition) is 1. The zero-order valence-electron chi connectivity index (χ0n) is 22.5. The van der Waals surface area contributed by atoms with Gasteiger partial charge in [0.15, 0.2) is 11.5 Å². The molecule has 36 heavy (non-hydrogen) atoms. The van der Waals surface area contributed by atoms with E-state index in [0.29, 0.717) is 50.6 Å². The highest BCUT2D eigenvalue weighted by atomic mass is 16.5. The Morgan fingerprint density at radius 3 is 2.36 bits per heavy atom. The highest BCUT2D eigenvalue weighted by Gasteiger charge is 2.28. The van der Waals surface area contributed by atoms with Crippen molar-refractivity contribution in [2.24, 2.45) is 0 Å². The third-order valence-electron chi connectivity index (χ3n) is 5.94. The highest BCUT2D eigenvalue weighted by molar-refractivity contribution is 5.87. The van der Waals surface area contributed by atoms with Crippen molar-refractivity contribution in [1.29, 1.82) is 0 Å². The average molecular weight is 499 g/mol. The summed E-state index contributed by atoms with van der Waals surface area (Å²) in [4.78, 5) is 28.3. The van der Waals surface area contributed by atoms with Gasteiger partial charge in [-0.3, -0.25) is 9.59 Å². The summed E-state index contributed by atoms with van der Waals surface area (Å²) in [7, 11) is 1.62. The third-order valence-corrected chi connectivity index (χ3v) is 5.94.